The summed E-state index contributed by atoms with van der Waals surface area (Å²) in [6.45, 7) is 3.61. The zero-order chi connectivity index (χ0) is 23.8. The number of carbonyl (C=O) groups excluding carboxylic acids is 3. The Bertz CT molecular complexity index is 1090. The second-order valence-corrected chi connectivity index (χ2v) is 9.34. The number of anilines is 1. The topological polar surface area (TPSA) is 127 Å². The largest absolute Gasteiger partial charge is 0.381 e. The standard InChI is InChI=1S/C24H28N6O4/c1-14-11-29(13-26-22(31)17-6-7-34-12-17)24(33)21-9-20(28-30(14)21)18-5-2-15(10-25)8-19(18)27-23(32)16-3-4-16/h2,5,8-9,14,16-17,20,28H,3-4,6-7,11-13H2,1H3,(H,26,31)(H,27,32). The minimum Gasteiger partial charge on any atom is -0.381 e. The third kappa shape index (κ3) is 4.36. The Labute approximate surface area is 197 Å². The van der Waals surface area contributed by atoms with Crippen LogP contribution in [0.2, 0.25) is 0 Å². The SMILES string of the molecule is CC1CN(CNC(=O)C2CCOC2)C(=O)C2=CC(c3ccc(C#N)cc3NC(=O)C3CC3)NN21. The van der Waals surface area contributed by atoms with E-state index >= 15 is 0 Å². The number of nitriles is 1. The summed E-state index contributed by atoms with van der Waals surface area (Å²) < 4.78 is 5.27. The van der Waals surface area contributed by atoms with Crippen molar-refractivity contribution >= 4 is 23.4 Å². The Balaban J connectivity index is 1.33. The Morgan fingerprint density at radius 1 is 1.24 bits per heavy atom. The van der Waals surface area contributed by atoms with Gasteiger partial charge in [0.2, 0.25) is 11.8 Å². The maximum absolute atomic E-state index is 13.2. The molecule has 4 aliphatic rings. The highest BCUT2D eigenvalue weighted by atomic mass is 16.5. The van der Waals surface area contributed by atoms with E-state index in [4.69, 9.17) is 4.74 Å². The van der Waals surface area contributed by atoms with E-state index in [1.807, 2.05) is 24.1 Å². The fourth-order valence-electron chi connectivity index (χ4n) is 4.62. The van der Waals surface area contributed by atoms with Crippen LogP contribution in [-0.4, -0.2) is 60.1 Å². The molecule has 1 aliphatic carbocycles. The molecule has 3 unspecified atom stereocenters. The number of hydrogen-bond donors (Lipinski definition) is 3. The molecule has 2 saturated heterocycles. The summed E-state index contributed by atoms with van der Waals surface area (Å²) in [4.78, 5) is 39.6. The third-order valence-electron chi connectivity index (χ3n) is 6.76. The molecule has 5 rings (SSSR count). The first-order valence-corrected chi connectivity index (χ1v) is 11.7. The zero-order valence-corrected chi connectivity index (χ0v) is 19.0. The van der Waals surface area contributed by atoms with Gasteiger partial charge in [0, 0.05) is 24.8 Å². The van der Waals surface area contributed by atoms with Gasteiger partial charge in [0.1, 0.15) is 5.70 Å². The summed E-state index contributed by atoms with van der Waals surface area (Å²) in [6.07, 6.45) is 4.30. The van der Waals surface area contributed by atoms with Crippen LogP contribution in [-0.2, 0) is 19.1 Å². The molecule has 0 radical (unpaired) electrons. The van der Waals surface area contributed by atoms with Crippen LogP contribution in [0.15, 0.2) is 30.0 Å². The fraction of sp³-hybridized carbons (Fsp3) is 0.500. The van der Waals surface area contributed by atoms with E-state index in [2.05, 4.69) is 22.1 Å². The van der Waals surface area contributed by atoms with E-state index in [9.17, 15) is 19.6 Å². The highest BCUT2D eigenvalue weighted by Gasteiger charge is 2.40. The van der Waals surface area contributed by atoms with Gasteiger partial charge in [0.05, 0.1) is 42.9 Å². The molecule has 0 spiro atoms. The molecule has 3 aliphatic heterocycles. The quantitative estimate of drug-likeness (QED) is 0.573. The lowest BCUT2D eigenvalue weighted by molar-refractivity contribution is -0.135. The van der Waals surface area contributed by atoms with E-state index in [0.29, 0.717) is 43.1 Å². The number of ether oxygens (including phenoxy) is 1. The van der Waals surface area contributed by atoms with Gasteiger partial charge < -0.3 is 20.3 Å². The van der Waals surface area contributed by atoms with Gasteiger partial charge in [-0.3, -0.25) is 19.4 Å². The Kier molecular flexibility index (Phi) is 5.98. The molecular weight excluding hydrogens is 436 g/mol. The van der Waals surface area contributed by atoms with Gasteiger partial charge in [-0.15, -0.1) is 0 Å². The Morgan fingerprint density at radius 2 is 2.06 bits per heavy atom. The predicted octanol–water partition coefficient (Wildman–Crippen LogP) is 0.993. The van der Waals surface area contributed by atoms with Crippen LogP contribution < -0.4 is 16.1 Å². The number of hydrazine groups is 1. The van der Waals surface area contributed by atoms with Crippen molar-refractivity contribution < 1.29 is 19.1 Å². The highest BCUT2D eigenvalue weighted by Crippen LogP contribution is 2.36. The monoisotopic (exact) mass is 464 g/mol. The van der Waals surface area contributed by atoms with Crippen molar-refractivity contribution in [1.29, 1.82) is 5.26 Å². The summed E-state index contributed by atoms with van der Waals surface area (Å²) in [5.74, 6) is -0.440. The van der Waals surface area contributed by atoms with Crippen LogP contribution in [0.4, 0.5) is 5.69 Å². The maximum atomic E-state index is 13.2. The molecule has 34 heavy (non-hydrogen) atoms. The van der Waals surface area contributed by atoms with Crippen LogP contribution in [0.1, 0.15) is 43.4 Å². The maximum Gasteiger partial charge on any atom is 0.272 e. The molecule has 1 aromatic rings. The number of benzene rings is 1. The number of nitrogens with one attached hydrogen (secondary N) is 3. The number of hydrogen-bond acceptors (Lipinski definition) is 7. The second-order valence-electron chi connectivity index (χ2n) is 9.34. The first-order chi connectivity index (χ1) is 16.4. The predicted molar refractivity (Wildman–Crippen MR) is 121 cm³/mol. The van der Waals surface area contributed by atoms with E-state index in [1.54, 1.807) is 17.0 Å². The van der Waals surface area contributed by atoms with Crippen molar-refractivity contribution in [3.8, 4) is 6.07 Å². The number of amides is 3. The molecule has 0 bridgehead atoms. The van der Waals surface area contributed by atoms with Crippen LogP contribution in [0, 0.1) is 23.2 Å². The second kappa shape index (κ2) is 9.08. The van der Waals surface area contributed by atoms with Gasteiger partial charge in [0.15, 0.2) is 0 Å². The molecule has 10 nitrogen and oxygen atoms in total. The molecule has 3 amide bonds. The van der Waals surface area contributed by atoms with Crippen molar-refractivity contribution in [1.82, 2.24) is 20.7 Å². The van der Waals surface area contributed by atoms with Crippen LogP contribution >= 0.6 is 0 Å². The van der Waals surface area contributed by atoms with Crippen LogP contribution in [0.25, 0.3) is 0 Å². The first kappa shape index (κ1) is 22.4. The summed E-state index contributed by atoms with van der Waals surface area (Å²) in [5, 5.41) is 17.0. The van der Waals surface area contributed by atoms with Gasteiger partial charge in [-0.05, 0) is 50.0 Å². The Hall–Kier alpha value is -3.42. The average Bonchev–Trinajstić information content (AvgIpc) is 3.35. The molecule has 1 saturated carbocycles. The first-order valence-electron chi connectivity index (χ1n) is 11.7. The number of fused-ring (bicyclic) bond motifs is 1. The minimum absolute atomic E-state index is 0.0245. The van der Waals surface area contributed by atoms with Crippen molar-refractivity contribution in [3.05, 3.63) is 41.1 Å². The lowest BCUT2D eigenvalue weighted by Crippen LogP contribution is -2.57. The normalized spacial score (nSPS) is 26.1. The van der Waals surface area contributed by atoms with Gasteiger partial charge >= 0.3 is 0 Å². The van der Waals surface area contributed by atoms with Gasteiger partial charge in [-0.25, -0.2) is 5.43 Å². The molecule has 3 N–H and O–H groups in total. The average molecular weight is 465 g/mol. The molecule has 3 atom stereocenters. The van der Waals surface area contributed by atoms with E-state index in [-0.39, 0.29) is 48.3 Å². The number of nitrogens with zero attached hydrogens (tertiary/aromatic N) is 3. The third-order valence-corrected chi connectivity index (χ3v) is 6.76. The van der Waals surface area contributed by atoms with Crippen molar-refractivity contribution in [2.75, 3.05) is 31.7 Å². The summed E-state index contributed by atoms with van der Waals surface area (Å²) in [5.41, 5.74) is 5.70. The summed E-state index contributed by atoms with van der Waals surface area (Å²) >= 11 is 0. The molecule has 3 fully saturated rings. The summed E-state index contributed by atoms with van der Waals surface area (Å²) in [6, 6.07) is 6.94. The lowest BCUT2D eigenvalue weighted by atomic mass is 10.0. The van der Waals surface area contributed by atoms with Crippen molar-refractivity contribution in [3.63, 3.8) is 0 Å². The summed E-state index contributed by atoms with van der Waals surface area (Å²) in [7, 11) is 0. The van der Waals surface area contributed by atoms with E-state index < -0.39 is 0 Å². The molecule has 0 aromatic heterocycles. The number of piperazine rings is 1. The van der Waals surface area contributed by atoms with Crippen LogP contribution in [0.5, 0.6) is 0 Å². The van der Waals surface area contributed by atoms with Gasteiger partial charge in [-0.1, -0.05) is 6.07 Å². The fourth-order valence-corrected chi connectivity index (χ4v) is 4.62. The smallest absolute Gasteiger partial charge is 0.272 e. The molecule has 178 valence electrons. The zero-order valence-electron chi connectivity index (χ0n) is 19.0. The van der Waals surface area contributed by atoms with E-state index in [1.165, 1.54) is 0 Å². The Morgan fingerprint density at radius 3 is 2.76 bits per heavy atom. The number of rotatable bonds is 6. The lowest BCUT2D eigenvalue weighted by Gasteiger charge is -2.40. The van der Waals surface area contributed by atoms with Crippen molar-refractivity contribution in [2.24, 2.45) is 11.8 Å². The molecule has 1 aromatic carbocycles. The van der Waals surface area contributed by atoms with Gasteiger partial charge in [-0.2, -0.15) is 5.26 Å². The van der Waals surface area contributed by atoms with Crippen LogP contribution in [0.3, 0.4) is 0 Å². The minimum atomic E-state index is -0.339. The highest BCUT2D eigenvalue weighted by molar-refractivity contribution is 5.96. The number of carbonyl (C=O) groups is 3. The molecule has 3 heterocycles. The molecular formula is C24H28N6O4. The molecule has 10 heteroatoms. The van der Waals surface area contributed by atoms with E-state index in [0.717, 1.165) is 18.4 Å². The van der Waals surface area contributed by atoms with Gasteiger partial charge in [0.25, 0.3) is 5.91 Å². The van der Waals surface area contributed by atoms with Crippen molar-refractivity contribution in [2.45, 2.75) is 38.3 Å².